The summed E-state index contributed by atoms with van der Waals surface area (Å²) in [4.78, 5) is 19.2. The molecular formula is C21H22N4O3S. The number of H-pyrrole nitrogens is 1. The van der Waals surface area contributed by atoms with E-state index in [9.17, 15) is 13.2 Å². The Morgan fingerprint density at radius 2 is 2.07 bits per heavy atom. The van der Waals surface area contributed by atoms with Crippen molar-refractivity contribution < 1.29 is 13.2 Å². The third-order valence-electron chi connectivity index (χ3n) is 5.01. The number of nitrogens with one attached hydrogen (secondary N) is 2. The van der Waals surface area contributed by atoms with Gasteiger partial charge in [-0.25, -0.2) is 13.4 Å². The van der Waals surface area contributed by atoms with Gasteiger partial charge < -0.3 is 10.3 Å². The highest BCUT2D eigenvalue weighted by molar-refractivity contribution is 7.88. The van der Waals surface area contributed by atoms with Gasteiger partial charge in [-0.05, 0) is 47.4 Å². The third-order valence-corrected chi connectivity index (χ3v) is 6.28. The summed E-state index contributed by atoms with van der Waals surface area (Å²) >= 11 is 0. The smallest absolute Gasteiger partial charge is 0.221 e. The number of carbonyl (C=O) groups excluding carboxylic acids is 1. The number of carbonyl (C=O) groups is 1. The Morgan fingerprint density at radius 1 is 1.24 bits per heavy atom. The van der Waals surface area contributed by atoms with Crippen molar-refractivity contribution in [3.05, 3.63) is 54.4 Å². The summed E-state index contributed by atoms with van der Waals surface area (Å²) < 4.78 is 24.9. The molecule has 1 aliphatic heterocycles. The molecule has 4 rings (SSSR count). The van der Waals surface area contributed by atoms with Crippen molar-refractivity contribution in [2.75, 3.05) is 24.7 Å². The minimum atomic E-state index is -3.18. The second-order valence-corrected chi connectivity index (χ2v) is 9.15. The molecule has 0 bridgehead atoms. The standard InChI is InChI=1S/C21H22N4O3S/c1-14(26)23-17-5-3-4-16(12-17)18-6-9-22-21-19(18)13-20(24-21)15-7-10-25(11-8-15)29(2,27)28/h3-7,9,12-13H,8,10-11H2,1-2H3,(H,22,24)(H,23,26). The van der Waals surface area contributed by atoms with Gasteiger partial charge in [0.05, 0.1) is 6.26 Å². The van der Waals surface area contributed by atoms with Crippen LogP contribution in [0.1, 0.15) is 19.0 Å². The van der Waals surface area contributed by atoms with Gasteiger partial charge in [-0.2, -0.15) is 4.31 Å². The summed E-state index contributed by atoms with van der Waals surface area (Å²) in [7, 11) is -3.18. The van der Waals surface area contributed by atoms with Crippen LogP contribution in [-0.4, -0.2) is 47.9 Å². The van der Waals surface area contributed by atoms with Crippen LogP contribution in [0.3, 0.4) is 0 Å². The first kappa shape index (κ1) is 19.4. The molecule has 0 saturated carbocycles. The number of fused-ring (bicyclic) bond motifs is 1. The monoisotopic (exact) mass is 410 g/mol. The molecule has 0 radical (unpaired) electrons. The second-order valence-electron chi connectivity index (χ2n) is 7.17. The Labute approximate surface area is 169 Å². The first-order valence-corrected chi connectivity index (χ1v) is 11.2. The van der Waals surface area contributed by atoms with Crippen LogP contribution in [0.5, 0.6) is 0 Å². The van der Waals surface area contributed by atoms with E-state index >= 15 is 0 Å². The van der Waals surface area contributed by atoms with E-state index < -0.39 is 10.0 Å². The van der Waals surface area contributed by atoms with Gasteiger partial charge in [0.25, 0.3) is 0 Å². The molecule has 7 nitrogen and oxygen atoms in total. The fourth-order valence-corrected chi connectivity index (χ4v) is 4.38. The molecule has 150 valence electrons. The van der Waals surface area contributed by atoms with E-state index in [0.717, 1.165) is 39.1 Å². The Morgan fingerprint density at radius 3 is 2.76 bits per heavy atom. The summed E-state index contributed by atoms with van der Waals surface area (Å²) in [5.41, 5.74) is 5.54. The van der Waals surface area contributed by atoms with Gasteiger partial charge in [0.15, 0.2) is 0 Å². The van der Waals surface area contributed by atoms with Gasteiger partial charge in [-0.3, -0.25) is 4.79 Å². The summed E-state index contributed by atoms with van der Waals surface area (Å²) in [6, 6.07) is 11.7. The number of hydrogen-bond donors (Lipinski definition) is 2. The Balaban J connectivity index is 1.70. The molecule has 0 atom stereocenters. The maximum absolute atomic E-state index is 11.7. The topological polar surface area (TPSA) is 95.2 Å². The van der Waals surface area contributed by atoms with Crippen LogP contribution in [0.2, 0.25) is 0 Å². The molecule has 1 aliphatic rings. The maximum Gasteiger partial charge on any atom is 0.221 e. The van der Waals surface area contributed by atoms with E-state index in [1.165, 1.54) is 17.5 Å². The van der Waals surface area contributed by atoms with Gasteiger partial charge in [0.1, 0.15) is 5.65 Å². The number of aromatic amines is 1. The van der Waals surface area contributed by atoms with Crippen molar-refractivity contribution in [2.24, 2.45) is 0 Å². The zero-order chi connectivity index (χ0) is 20.6. The summed E-state index contributed by atoms with van der Waals surface area (Å²) in [6.07, 6.45) is 5.59. The van der Waals surface area contributed by atoms with Crippen molar-refractivity contribution in [3.8, 4) is 11.1 Å². The highest BCUT2D eigenvalue weighted by Crippen LogP contribution is 2.32. The Hall–Kier alpha value is -2.97. The van der Waals surface area contributed by atoms with Crippen molar-refractivity contribution in [2.45, 2.75) is 13.3 Å². The van der Waals surface area contributed by atoms with Crippen LogP contribution in [0.25, 0.3) is 27.7 Å². The largest absolute Gasteiger partial charge is 0.339 e. The van der Waals surface area contributed by atoms with Crippen LogP contribution >= 0.6 is 0 Å². The minimum Gasteiger partial charge on any atom is -0.339 e. The zero-order valence-corrected chi connectivity index (χ0v) is 17.1. The number of pyridine rings is 1. The molecule has 2 aromatic heterocycles. The summed E-state index contributed by atoms with van der Waals surface area (Å²) in [6.45, 7) is 2.33. The fraction of sp³-hybridized carbons (Fsp3) is 0.238. The predicted octanol–water partition coefficient (Wildman–Crippen LogP) is 3.24. The number of aromatic nitrogens is 2. The molecule has 1 amide bonds. The van der Waals surface area contributed by atoms with E-state index in [2.05, 4.69) is 21.4 Å². The fourth-order valence-electron chi connectivity index (χ4n) is 3.62. The van der Waals surface area contributed by atoms with Gasteiger partial charge in [-0.1, -0.05) is 18.2 Å². The molecule has 8 heteroatoms. The number of hydrogen-bond acceptors (Lipinski definition) is 4. The lowest BCUT2D eigenvalue weighted by atomic mass is 10.0. The predicted molar refractivity (Wildman–Crippen MR) is 115 cm³/mol. The van der Waals surface area contributed by atoms with Gasteiger partial charge in [-0.15, -0.1) is 0 Å². The van der Waals surface area contributed by atoms with Crippen LogP contribution in [0.15, 0.2) is 48.7 Å². The number of anilines is 1. The highest BCUT2D eigenvalue weighted by Gasteiger charge is 2.21. The van der Waals surface area contributed by atoms with E-state index in [-0.39, 0.29) is 5.91 Å². The number of rotatable bonds is 4. The van der Waals surface area contributed by atoms with Gasteiger partial charge in [0.2, 0.25) is 15.9 Å². The SMILES string of the molecule is CC(=O)Nc1cccc(-c2ccnc3[nH]c(C4=CCN(S(C)(=O)=O)CC4)cc23)c1. The van der Waals surface area contributed by atoms with Crippen LogP contribution < -0.4 is 5.32 Å². The summed E-state index contributed by atoms with van der Waals surface area (Å²) in [5.74, 6) is -0.113. The molecular weight excluding hydrogens is 388 g/mol. The number of sulfonamides is 1. The van der Waals surface area contributed by atoms with Crippen LogP contribution in [0, 0.1) is 0 Å². The second kappa shape index (κ2) is 7.46. The first-order valence-electron chi connectivity index (χ1n) is 9.31. The first-order chi connectivity index (χ1) is 13.8. The average molecular weight is 410 g/mol. The van der Waals surface area contributed by atoms with E-state index in [4.69, 9.17) is 0 Å². The van der Waals surface area contributed by atoms with Crippen molar-refractivity contribution in [1.82, 2.24) is 14.3 Å². The molecule has 29 heavy (non-hydrogen) atoms. The van der Waals surface area contributed by atoms with E-state index in [1.807, 2.05) is 36.4 Å². The lowest BCUT2D eigenvalue weighted by molar-refractivity contribution is -0.114. The number of amides is 1. The molecule has 0 aliphatic carbocycles. The molecule has 3 heterocycles. The molecule has 0 unspecified atom stereocenters. The minimum absolute atomic E-state index is 0.113. The van der Waals surface area contributed by atoms with Gasteiger partial charge in [0, 0.05) is 43.0 Å². The normalized spacial score (nSPS) is 15.3. The molecule has 3 aromatic rings. The molecule has 1 aromatic carbocycles. The summed E-state index contributed by atoms with van der Waals surface area (Å²) in [5, 5.41) is 3.79. The molecule has 0 fully saturated rings. The van der Waals surface area contributed by atoms with Crippen LogP contribution in [-0.2, 0) is 14.8 Å². The van der Waals surface area contributed by atoms with Crippen molar-refractivity contribution >= 4 is 38.2 Å². The highest BCUT2D eigenvalue weighted by atomic mass is 32.2. The molecule has 2 N–H and O–H groups in total. The zero-order valence-electron chi connectivity index (χ0n) is 16.3. The Bertz CT molecular complexity index is 1230. The Kier molecular flexibility index (Phi) is 4.97. The lowest BCUT2D eigenvalue weighted by Gasteiger charge is -2.23. The quantitative estimate of drug-likeness (QED) is 0.690. The van der Waals surface area contributed by atoms with Crippen LogP contribution in [0.4, 0.5) is 5.69 Å². The van der Waals surface area contributed by atoms with Crippen molar-refractivity contribution in [1.29, 1.82) is 0 Å². The van der Waals surface area contributed by atoms with Gasteiger partial charge >= 0.3 is 0 Å². The number of benzene rings is 1. The third kappa shape index (κ3) is 4.08. The lowest BCUT2D eigenvalue weighted by Crippen LogP contribution is -2.33. The molecule has 0 saturated heterocycles. The van der Waals surface area contributed by atoms with Crippen molar-refractivity contribution in [3.63, 3.8) is 0 Å². The maximum atomic E-state index is 11.7. The molecule has 0 spiro atoms. The van der Waals surface area contributed by atoms with E-state index in [0.29, 0.717) is 19.5 Å². The number of nitrogens with zero attached hydrogens (tertiary/aromatic N) is 2. The average Bonchev–Trinajstić information content (AvgIpc) is 3.11. The van der Waals surface area contributed by atoms with E-state index in [1.54, 1.807) is 6.20 Å².